The summed E-state index contributed by atoms with van der Waals surface area (Å²) in [7, 11) is 0. The Morgan fingerprint density at radius 2 is 1.33 bits per heavy atom. The predicted molar refractivity (Wildman–Crippen MR) is 185 cm³/mol. The zero-order chi connectivity index (χ0) is 32.6. The largest absolute Gasteiger partial charge is 0.393 e. The maximum atomic E-state index is 12.0. The molecular weight excluding hydrogens is 558 g/mol. The van der Waals surface area contributed by atoms with Crippen molar-refractivity contribution < 1.29 is 20.1 Å². The van der Waals surface area contributed by atoms with Crippen molar-refractivity contribution in [2.24, 2.45) is 58.0 Å². The average Bonchev–Trinajstić information content (AvgIpc) is 3.36. The molecule has 5 N–H and O–H groups in total. The quantitative estimate of drug-likeness (QED) is 0.107. The summed E-state index contributed by atoms with van der Waals surface area (Å²) in [5, 5.41) is 34.7. The molecule has 0 aromatic heterocycles. The third-order valence-corrected chi connectivity index (χ3v) is 14.6. The Kier molecular flexibility index (Phi) is 14.2. The molecule has 12 unspecified atom stereocenters. The first-order chi connectivity index (χ1) is 21.5. The zero-order valence-electron chi connectivity index (χ0n) is 29.9. The van der Waals surface area contributed by atoms with E-state index in [0.717, 1.165) is 44.9 Å². The topological polar surface area (TPSA) is 104 Å². The summed E-state index contributed by atoms with van der Waals surface area (Å²) in [4.78, 5) is 11.5. The lowest BCUT2D eigenvalue weighted by Gasteiger charge is -2.65. The summed E-state index contributed by atoms with van der Waals surface area (Å²) in [5.74, 6) is 2.09. The van der Waals surface area contributed by atoms with E-state index in [1.54, 1.807) is 0 Å². The Morgan fingerprint density at radius 3 is 1.91 bits per heavy atom. The summed E-state index contributed by atoms with van der Waals surface area (Å²) in [6.07, 6.45) is 26.0. The number of hydrogen-bond donors (Lipinski definition) is 4. The van der Waals surface area contributed by atoms with E-state index >= 15 is 0 Å². The molecule has 4 fully saturated rings. The molecule has 4 aliphatic carbocycles. The molecule has 4 rings (SSSR count). The minimum absolute atomic E-state index is 0.0671. The molecule has 0 radical (unpaired) electrons. The van der Waals surface area contributed by atoms with Gasteiger partial charge in [0.25, 0.3) is 0 Å². The second-order valence-electron chi connectivity index (χ2n) is 17.1. The summed E-state index contributed by atoms with van der Waals surface area (Å²) < 4.78 is 0. The van der Waals surface area contributed by atoms with Crippen LogP contribution in [0.4, 0.5) is 0 Å². The van der Waals surface area contributed by atoms with Gasteiger partial charge in [0, 0.05) is 6.42 Å². The predicted octanol–water partition coefficient (Wildman–Crippen LogP) is 8.95. The molecule has 4 saturated carbocycles. The van der Waals surface area contributed by atoms with Crippen LogP contribution < -0.4 is 5.73 Å². The Bertz CT molecular complexity index is 896. The lowest BCUT2D eigenvalue weighted by Crippen LogP contribution is -2.64. The number of nitrogens with two attached hydrogens (primary N) is 1. The van der Waals surface area contributed by atoms with E-state index < -0.39 is 0 Å². The molecular formula is C40H73NO4. The SMILES string of the molecule is CCCCCCCCCCCCCCCCC1CC(O)CC2CC(O)C3C(CC(O)C4(C)C(C(C)CCC(N)=O)CCC34)C12C. The van der Waals surface area contributed by atoms with Gasteiger partial charge in [-0.2, -0.15) is 0 Å². The van der Waals surface area contributed by atoms with Gasteiger partial charge in [-0.1, -0.05) is 118 Å². The van der Waals surface area contributed by atoms with Crippen LogP contribution in [0.3, 0.4) is 0 Å². The number of amides is 1. The highest BCUT2D eigenvalue weighted by Gasteiger charge is 2.67. The van der Waals surface area contributed by atoms with Crippen LogP contribution in [0, 0.1) is 52.3 Å². The lowest BCUT2D eigenvalue weighted by atomic mass is 9.40. The first-order valence-electron chi connectivity index (χ1n) is 19.9. The Hall–Kier alpha value is -0.650. The standard InChI is InChI=1S/C40H73NO4/c1-5-6-7-8-9-10-11-12-13-14-15-16-17-18-19-29-24-31(42)25-30-26-35(43)38-33-22-21-32(28(2)20-23-37(41)45)40(33,4)36(44)27-34(38)39(29,30)3/h28-36,38,42-44H,5-27H2,1-4H3,(H2,41,45). The zero-order valence-corrected chi connectivity index (χ0v) is 29.9. The molecule has 262 valence electrons. The number of aliphatic hydroxyl groups is 3. The van der Waals surface area contributed by atoms with E-state index in [0.29, 0.717) is 41.9 Å². The summed E-state index contributed by atoms with van der Waals surface area (Å²) >= 11 is 0. The number of primary amides is 1. The molecule has 0 aromatic carbocycles. The van der Waals surface area contributed by atoms with Crippen molar-refractivity contribution in [1.82, 2.24) is 0 Å². The van der Waals surface area contributed by atoms with Gasteiger partial charge in [0.2, 0.25) is 5.91 Å². The van der Waals surface area contributed by atoms with Gasteiger partial charge in [-0.25, -0.2) is 0 Å². The van der Waals surface area contributed by atoms with Crippen LogP contribution in [0.25, 0.3) is 0 Å². The van der Waals surface area contributed by atoms with Crippen LogP contribution >= 0.6 is 0 Å². The maximum Gasteiger partial charge on any atom is 0.217 e. The van der Waals surface area contributed by atoms with Crippen molar-refractivity contribution in [3.63, 3.8) is 0 Å². The molecule has 0 saturated heterocycles. The summed E-state index contributed by atoms with van der Waals surface area (Å²) in [5.41, 5.74) is 5.34. The van der Waals surface area contributed by atoms with Gasteiger partial charge >= 0.3 is 0 Å². The molecule has 0 aromatic rings. The molecule has 1 amide bonds. The van der Waals surface area contributed by atoms with Crippen LogP contribution in [-0.2, 0) is 4.79 Å². The second-order valence-corrected chi connectivity index (χ2v) is 17.1. The monoisotopic (exact) mass is 632 g/mol. The number of unbranched alkanes of at least 4 members (excludes halogenated alkanes) is 13. The number of fused-ring (bicyclic) bond motifs is 5. The van der Waals surface area contributed by atoms with Crippen molar-refractivity contribution in [3.8, 4) is 0 Å². The minimum Gasteiger partial charge on any atom is -0.393 e. The molecule has 5 nitrogen and oxygen atoms in total. The number of aliphatic hydroxyl groups excluding tert-OH is 3. The van der Waals surface area contributed by atoms with E-state index in [2.05, 4.69) is 27.7 Å². The molecule has 0 bridgehead atoms. The van der Waals surface area contributed by atoms with Gasteiger partial charge in [0.05, 0.1) is 18.3 Å². The Morgan fingerprint density at radius 1 is 0.756 bits per heavy atom. The van der Waals surface area contributed by atoms with Gasteiger partial charge in [0.1, 0.15) is 0 Å². The normalized spacial score (nSPS) is 40.0. The number of rotatable bonds is 19. The molecule has 5 heteroatoms. The smallest absolute Gasteiger partial charge is 0.217 e. The van der Waals surface area contributed by atoms with Crippen LogP contribution in [0.1, 0.15) is 175 Å². The van der Waals surface area contributed by atoms with E-state index in [4.69, 9.17) is 5.73 Å². The third kappa shape index (κ3) is 8.51. The summed E-state index contributed by atoms with van der Waals surface area (Å²) in [6, 6.07) is 0. The second kappa shape index (κ2) is 17.1. The van der Waals surface area contributed by atoms with Gasteiger partial charge < -0.3 is 21.1 Å². The molecule has 0 spiro atoms. The van der Waals surface area contributed by atoms with Crippen molar-refractivity contribution in [2.45, 2.75) is 194 Å². The van der Waals surface area contributed by atoms with Gasteiger partial charge in [-0.15, -0.1) is 0 Å². The highest BCUT2D eigenvalue weighted by molar-refractivity contribution is 5.73. The first kappa shape index (κ1) is 37.2. The molecule has 0 heterocycles. The van der Waals surface area contributed by atoms with Crippen LogP contribution in [-0.4, -0.2) is 39.5 Å². The van der Waals surface area contributed by atoms with Gasteiger partial charge in [0.15, 0.2) is 0 Å². The summed E-state index contributed by atoms with van der Waals surface area (Å²) in [6.45, 7) is 9.33. The van der Waals surface area contributed by atoms with E-state index in [1.807, 2.05) is 0 Å². The van der Waals surface area contributed by atoms with Crippen molar-refractivity contribution in [2.75, 3.05) is 0 Å². The first-order valence-corrected chi connectivity index (χ1v) is 19.9. The van der Waals surface area contributed by atoms with Crippen molar-refractivity contribution in [1.29, 1.82) is 0 Å². The molecule has 12 atom stereocenters. The van der Waals surface area contributed by atoms with Crippen LogP contribution in [0.5, 0.6) is 0 Å². The van der Waals surface area contributed by atoms with Crippen molar-refractivity contribution >= 4 is 5.91 Å². The third-order valence-electron chi connectivity index (χ3n) is 14.6. The van der Waals surface area contributed by atoms with E-state index in [1.165, 1.54) is 96.3 Å². The van der Waals surface area contributed by atoms with Crippen LogP contribution in [0.15, 0.2) is 0 Å². The highest BCUT2D eigenvalue weighted by atomic mass is 16.3. The van der Waals surface area contributed by atoms with Crippen molar-refractivity contribution in [3.05, 3.63) is 0 Å². The number of carbonyl (C=O) groups excluding carboxylic acids is 1. The average molecular weight is 632 g/mol. The number of carbonyl (C=O) groups is 1. The van der Waals surface area contributed by atoms with Gasteiger partial charge in [-0.3, -0.25) is 4.79 Å². The van der Waals surface area contributed by atoms with Gasteiger partial charge in [-0.05, 0) is 104 Å². The maximum absolute atomic E-state index is 12.0. The fourth-order valence-electron chi connectivity index (χ4n) is 12.0. The minimum atomic E-state index is -0.386. The Labute approximate surface area is 277 Å². The molecule has 0 aliphatic heterocycles. The van der Waals surface area contributed by atoms with Crippen LogP contribution in [0.2, 0.25) is 0 Å². The highest BCUT2D eigenvalue weighted by Crippen LogP contribution is 2.69. The fourth-order valence-corrected chi connectivity index (χ4v) is 12.0. The molecule has 4 aliphatic rings. The van der Waals surface area contributed by atoms with E-state index in [-0.39, 0.29) is 41.0 Å². The fraction of sp³-hybridized carbons (Fsp3) is 0.975. The van der Waals surface area contributed by atoms with E-state index in [9.17, 15) is 20.1 Å². The molecule has 45 heavy (non-hydrogen) atoms. The Balaban J connectivity index is 1.30. The lowest BCUT2D eigenvalue weighted by molar-refractivity contribution is -0.223. The number of hydrogen-bond acceptors (Lipinski definition) is 4.